The van der Waals surface area contributed by atoms with Gasteiger partial charge in [-0.2, -0.15) is 0 Å². The Morgan fingerprint density at radius 2 is 2.12 bits per heavy atom. The molecule has 2 aromatic carbocycles. The molecule has 1 amide bonds. The standard InChI is InChI=1S/C19H20ClNO3/c1-24-14-8-9-16-13(11-14)5-4-10-19(16,23)12-21-18(22)15-6-2-3-7-17(15)20/h2-3,6-9,11,23H,4-5,10,12H2,1H3,(H,21,22). The van der Waals surface area contributed by atoms with E-state index in [0.717, 1.165) is 29.7 Å². The second kappa shape index (κ2) is 6.83. The maximum Gasteiger partial charge on any atom is 0.252 e. The van der Waals surface area contributed by atoms with Gasteiger partial charge in [0.1, 0.15) is 11.4 Å². The Balaban J connectivity index is 1.78. The molecule has 2 N–H and O–H groups in total. The number of halogens is 1. The van der Waals surface area contributed by atoms with Gasteiger partial charge in [-0.05, 0) is 54.7 Å². The molecule has 0 aliphatic heterocycles. The lowest BCUT2D eigenvalue weighted by molar-refractivity contribution is 0.0189. The maximum atomic E-state index is 12.3. The number of fused-ring (bicyclic) bond motifs is 1. The Morgan fingerprint density at radius 1 is 1.33 bits per heavy atom. The highest BCUT2D eigenvalue weighted by Crippen LogP contribution is 2.36. The van der Waals surface area contributed by atoms with Gasteiger partial charge in [-0.3, -0.25) is 4.79 Å². The highest BCUT2D eigenvalue weighted by molar-refractivity contribution is 6.33. The van der Waals surface area contributed by atoms with Gasteiger partial charge in [0, 0.05) is 0 Å². The minimum absolute atomic E-state index is 0.149. The molecule has 126 valence electrons. The number of aliphatic hydroxyl groups is 1. The molecule has 0 bridgehead atoms. The Labute approximate surface area is 146 Å². The van der Waals surface area contributed by atoms with E-state index in [9.17, 15) is 9.90 Å². The van der Waals surface area contributed by atoms with Crippen LogP contribution in [0.2, 0.25) is 5.02 Å². The van der Waals surface area contributed by atoms with Crippen molar-refractivity contribution in [1.29, 1.82) is 0 Å². The lowest BCUT2D eigenvalue weighted by Gasteiger charge is -2.35. The number of rotatable bonds is 4. The molecule has 1 aliphatic rings. The first-order valence-electron chi connectivity index (χ1n) is 7.96. The van der Waals surface area contributed by atoms with Crippen molar-refractivity contribution in [2.24, 2.45) is 0 Å². The molecule has 2 aromatic rings. The molecule has 1 unspecified atom stereocenters. The van der Waals surface area contributed by atoms with Crippen molar-refractivity contribution in [2.75, 3.05) is 13.7 Å². The van der Waals surface area contributed by atoms with Crippen molar-refractivity contribution in [3.8, 4) is 5.75 Å². The summed E-state index contributed by atoms with van der Waals surface area (Å²) in [5, 5.41) is 14.3. The summed E-state index contributed by atoms with van der Waals surface area (Å²) in [7, 11) is 1.63. The third-order valence-electron chi connectivity index (χ3n) is 4.51. The number of aryl methyl sites for hydroxylation is 1. The number of benzene rings is 2. The van der Waals surface area contributed by atoms with Gasteiger partial charge in [-0.15, -0.1) is 0 Å². The van der Waals surface area contributed by atoms with Crippen LogP contribution in [0.1, 0.15) is 34.3 Å². The molecule has 4 nitrogen and oxygen atoms in total. The monoisotopic (exact) mass is 345 g/mol. The van der Waals surface area contributed by atoms with Crippen LogP contribution < -0.4 is 10.1 Å². The van der Waals surface area contributed by atoms with E-state index in [0.29, 0.717) is 17.0 Å². The highest BCUT2D eigenvalue weighted by atomic mass is 35.5. The minimum Gasteiger partial charge on any atom is -0.497 e. The molecule has 1 aliphatic carbocycles. The van der Waals surface area contributed by atoms with Gasteiger partial charge in [0.25, 0.3) is 5.91 Å². The number of carbonyl (C=O) groups excluding carboxylic acids is 1. The second-order valence-corrected chi connectivity index (χ2v) is 6.48. The van der Waals surface area contributed by atoms with Crippen molar-refractivity contribution >= 4 is 17.5 Å². The number of carbonyl (C=O) groups is 1. The molecule has 0 saturated heterocycles. The fourth-order valence-corrected chi connectivity index (χ4v) is 3.44. The first kappa shape index (κ1) is 16.8. The quantitative estimate of drug-likeness (QED) is 0.893. The molecular weight excluding hydrogens is 326 g/mol. The molecule has 0 heterocycles. The topological polar surface area (TPSA) is 58.6 Å². The zero-order valence-electron chi connectivity index (χ0n) is 13.5. The lowest BCUT2D eigenvalue weighted by Crippen LogP contribution is -2.43. The fraction of sp³-hybridized carbons (Fsp3) is 0.316. The molecule has 0 aromatic heterocycles. The van der Waals surface area contributed by atoms with Crippen molar-refractivity contribution in [2.45, 2.75) is 24.9 Å². The summed E-state index contributed by atoms with van der Waals surface area (Å²) in [5.41, 5.74) is 1.26. The Hall–Kier alpha value is -2.04. The van der Waals surface area contributed by atoms with Crippen LogP contribution in [0.3, 0.4) is 0 Å². The smallest absolute Gasteiger partial charge is 0.252 e. The summed E-state index contributed by atoms with van der Waals surface area (Å²) in [4.78, 5) is 12.3. The van der Waals surface area contributed by atoms with E-state index in [4.69, 9.17) is 16.3 Å². The Kier molecular flexibility index (Phi) is 4.78. The molecule has 0 saturated carbocycles. The van der Waals surface area contributed by atoms with E-state index in [1.165, 1.54) is 0 Å². The lowest BCUT2D eigenvalue weighted by atomic mass is 9.79. The van der Waals surface area contributed by atoms with E-state index < -0.39 is 5.60 Å². The number of hydrogen-bond acceptors (Lipinski definition) is 3. The number of nitrogens with one attached hydrogen (secondary N) is 1. The third kappa shape index (κ3) is 3.25. The van der Waals surface area contributed by atoms with E-state index >= 15 is 0 Å². The summed E-state index contributed by atoms with van der Waals surface area (Å²) in [5.74, 6) is 0.493. The highest BCUT2D eigenvalue weighted by Gasteiger charge is 2.35. The van der Waals surface area contributed by atoms with Gasteiger partial charge >= 0.3 is 0 Å². The largest absolute Gasteiger partial charge is 0.497 e. The summed E-state index contributed by atoms with van der Waals surface area (Å²) in [6.07, 6.45) is 2.36. The second-order valence-electron chi connectivity index (χ2n) is 6.07. The number of hydrogen-bond donors (Lipinski definition) is 2. The molecule has 24 heavy (non-hydrogen) atoms. The van der Waals surface area contributed by atoms with Crippen molar-refractivity contribution in [1.82, 2.24) is 5.32 Å². The van der Waals surface area contributed by atoms with Crippen molar-refractivity contribution in [3.63, 3.8) is 0 Å². The number of amides is 1. The fourth-order valence-electron chi connectivity index (χ4n) is 3.21. The van der Waals surface area contributed by atoms with Gasteiger partial charge in [-0.25, -0.2) is 0 Å². The average molecular weight is 346 g/mol. The SMILES string of the molecule is COc1ccc2c(c1)CCCC2(O)CNC(=O)c1ccccc1Cl. The maximum absolute atomic E-state index is 12.3. The van der Waals surface area contributed by atoms with Crippen LogP contribution in [-0.2, 0) is 12.0 Å². The first-order valence-corrected chi connectivity index (χ1v) is 8.34. The normalized spacial score (nSPS) is 19.5. The van der Waals surface area contributed by atoms with Crippen LogP contribution in [0.4, 0.5) is 0 Å². The molecule has 5 heteroatoms. The predicted molar refractivity (Wildman–Crippen MR) is 93.6 cm³/mol. The molecule has 0 fully saturated rings. The van der Waals surface area contributed by atoms with Crippen molar-refractivity contribution < 1.29 is 14.6 Å². The van der Waals surface area contributed by atoms with Gasteiger partial charge in [0.2, 0.25) is 0 Å². The molecule has 0 radical (unpaired) electrons. The van der Waals surface area contributed by atoms with Gasteiger partial charge in [0.15, 0.2) is 0 Å². The Morgan fingerprint density at radius 3 is 2.88 bits per heavy atom. The summed E-state index contributed by atoms with van der Waals surface area (Å²) in [6.45, 7) is 0.149. The van der Waals surface area contributed by atoms with Crippen LogP contribution in [0.5, 0.6) is 5.75 Å². The van der Waals surface area contributed by atoms with E-state index in [2.05, 4.69) is 5.32 Å². The van der Waals surface area contributed by atoms with Crippen LogP contribution in [0, 0.1) is 0 Å². The Bertz CT molecular complexity index is 762. The number of ether oxygens (including phenoxy) is 1. The van der Waals surface area contributed by atoms with Gasteiger partial charge in [0.05, 0.1) is 24.2 Å². The summed E-state index contributed by atoms with van der Waals surface area (Å²) in [6, 6.07) is 12.6. The van der Waals surface area contributed by atoms with E-state index in [-0.39, 0.29) is 12.5 Å². The zero-order chi connectivity index (χ0) is 17.2. The molecular formula is C19H20ClNO3. The molecule has 0 spiro atoms. The van der Waals surface area contributed by atoms with Crippen LogP contribution in [0.15, 0.2) is 42.5 Å². The van der Waals surface area contributed by atoms with Crippen LogP contribution in [-0.4, -0.2) is 24.7 Å². The number of methoxy groups -OCH3 is 1. The first-order chi connectivity index (χ1) is 11.5. The van der Waals surface area contributed by atoms with Crippen LogP contribution in [0.25, 0.3) is 0 Å². The zero-order valence-corrected chi connectivity index (χ0v) is 14.3. The molecule has 1 atom stereocenters. The summed E-state index contributed by atoms with van der Waals surface area (Å²) >= 11 is 6.05. The average Bonchev–Trinajstić information content (AvgIpc) is 2.60. The third-order valence-corrected chi connectivity index (χ3v) is 4.84. The molecule has 3 rings (SSSR count). The summed E-state index contributed by atoms with van der Waals surface area (Å²) < 4.78 is 5.25. The van der Waals surface area contributed by atoms with E-state index in [1.807, 2.05) is 18.2 Å². The van der Waals surface area contributed by atoms with Crippen molar-refractivity contribution in [3.05, 3.63) is 64.2 Å². The minimum atomic E-state index is -1.07. The van der Waals surface area contributed by atoms with Gasteiger partial charge in [-0.1, -0.05) is 29.8 Å². The predicted octanol–water partition coefficient (Wildman–Crippen LogP) is 3.30. The van der Waals surface area contributed by atoms with Gasteiger partial charge < -0.3 is 15.2 Å². The van der Waals surface area contributed by atoms with Crippen LogP contribution >= 0.6 is 11.6 Å². The van der Waals surface area contributed by atoms with E-state index in [1.54, 1.807) is 31.4 Å².